The summed E-state index contributed by atoms with van der Waals surface area (Å²) in [4.78, 5) is 2.61. The van der Waals surface area contributed by atoms with E-state index in [0.717, 1.165) is 13.1 Å². The van der Waals surface area contributed by atoms with Crippen LogP contribution in [0.4, 0.5) is 5.69 Å². The van der Waals surface area contributed by atoms with Gasteiger partial charge in [-0.3, -0.25) is 0 Å². The van der Waals surface area contributed by atoms with Crippen molar-refractivity contribution in [2.75, 3.05) is 18.0 Å². The lowest BCUT2D eigenvalue weighted by Crippen LogP contribution is -2.57. The number of hydrogen-bond donors (Lipinski definition) is 1. The Morgan fingerprint density at radius 1 is 1.06 bits per heavy atom. The Hall–Kier alpha value is -1.02. The molecule has 1 aliphatic heterocycles. The molecule has 2 rings (SSSR count). The van der Waals surface area contributed by atoms with Gasteiger partial charge in [-0.2, -0.15) is 0 Å². The zero-order valence-corrected chi connectivity index (χ0v) is 12.4. The van der Waals surface area contributed by atoms with Crippen molar-refractivity contribution in [1.29, 1.82) is 0 Å². The largest absolute Gasteiger partial charge is 0.360 e. The maximum Gasteiger partial charge on any atom is 0.0475 e. The average molecular weight is 246 g/mol. The van der Waals surface area contributed by atoms with Crippen molar-refractivity contribution < 1.29 is 0 Å². The van der Waals surface area contributed by atoms with Crippen LogP contribution in [0.3, 0.4) is 0 Å². The summed E-state index contributed by atoms with van der Waals surface area (Å²) in [6.07, 6.45) is 1.17. The molecule has 18 heavy (non-hydrogen) atoms. The molecule has 0 aromatic heterocycles. The second-order valence-electron chi connectivity index (χ2n) is 6.67. The molecule has 0 atom stereocenters. The lowest BCUT2D eigenvalue weighted by Gasteiger charge is -2.49. The van der Waals surface area contributed by atoms with Crippen LogP contribution >= 0.6 is 0 Å². The molecule has 1 heterocycles. The summed E-state index contributed by atoms with van der Waals surface area (Å²) in [6, 6.07) is 8.73. The minimum Gasteiger partial charge on any atom is -0.360 e. The van der Waals surface area contributed by atoms with Gasteiger partial charge in [0.15, 0.2) is 0 Å². The highest BCUT2D eigenvalue weighted by molar-refractivity contribution is 5.57. The van der Waals surface area contributed by atoms with Crippen LogP contribution in [0.15, 0.2) is 24.3 Å². The minimum absolute atomic E-state index is 0.131. The van der Waals surface area contributed by atoms with E-state index in [0.29, 0.717) is 0 Å². The Labute approximate surface area is 111 Å². The van der Waals surface area contributed by atoms with Crippen molar-refractivity contribution in [2.45, 2.75) is 52.1 Å². The van der Waals surface area contributed by atoms with Crippen molar-refractivity contribution >= 4 is 5.69 Å². The summed E-state index contributed by atoms with van der Waals surface area (Å²) in [5, 5.41) is 3.57. The molecule has 0 saturated carbocycles. The first-order valence-electron chi connectivity index (χ1n) is 6.91. The van der Waals surface area contributed by atoms with Crippen LogP contribution in [-0.4, -0.2) is 24.2 Å². The fourth-order valence-electron chi connectivity index (χ4n) is 3.27. The van der Waals surface area contributed by atoms with Crippen molar-refractivity contribution in [3.8, 4) is 0 Å². The van der Waals surface area contributed by atoms with E-state index < -0.39 is 0 Å². The zero-order valence-electron chi connectivity index (χ0n) is 12.4. The fourth-order valence-corrected chi connectivity index (χ4v) is 3.27. The molecule has 1 N–H and O–H groups in total. The molecule has 0 unspecified atom stereocenters. The predicted octanol–water partition coefficient (Wildman–Crippen LogP) is 3.35. The van der Waals surface area contributed by atoms with Crippen LogP contribution in [0.25, 0.3) is 0 Å². The van der Waals surface area contributed by atoms with E-state index in [2.05, 4.69) is 69.1 Å². The van der Waals surface area contributed by atoms with Gasteiger partial charge in [-0.1, -0.05) is 18.2 Å². The summed E-state index contributed by atoms with van der Waals surface area (Å²) in [6.45, 7) is 13.7. The molecule has 0 amide bonds. The van der Waals surface area contributed by atoms with Crippen LogP contribution in [0.2, 0.25) is 0 Å². The zero-order chi connectivity index (χ0) is 13.4. The Bertz CT molecular complexity index is 403. The van der Waals surface area contributed by atoms with Gasteiger partial charge in [0.05, 0.1) is 0 Å². The average Bonchev–Trinajstić information content (AvgIpc) is 2.36. The third-order valence-electron chi connectivity index (χ3n) is 4.04. The van der Waals surface area contributed by atoms with E-state index in [1.807, 2.05) is 0 Å². The number of hydrogen-bond acceptors (Lipinski definition) is 2. The van der Waals surface area contributed by atoms with Crippen LogP contribution in [0, 0.1) is 6.92 Å². The molecule has 1 fully saturated rings. The maximum absolute atomic E-state index is 3.57. The highest BCUT2D eigenvalue weighted by atomic mass is 15.3. The first-order valence-corrected chi connectivity index (χ1v) is 6.91. The van der Waals surface area contributed by atoms with Crippen molar-refractivity contribution in [3.63, 3.8) is 0 Å². The summed E-state index contributed by atoms with van der Waals surface area (Å²) < 4.78 is 0. The van der Waals surface area contributed by atoms with Gasteiger partial charge in [0, 0.05) is 23.3 Å². The van der Waals surface area contributed by atoms with Gasteiger partial charge in [0.25, 0.3) is 0 Å². The van der Waals surface area contributed by atoms with E-state index in [9.17, 15) is 0 Å². The minimum atomic E-state index is 0.131. The molecule has 100 valence electrons. The summed E-state index contributed by atoms with van der Waals surface area (Å²) in [7, 11) is 0. The number of nitrogens with zero attached hydrogens (tertiary/aromatic N) is 1. The number of benzene rings is 1. The molecule has 0 radical (unpaired) electrons. The Morgan fingerprint density at radius 3 is 2.39 bits per heavy atom. The van der Waals surface area contributed by atoms with E-state index in [1.54, 1.807) is 0 Å². The third kappa shape index (κ3) is 2.39. The summed E-state index contributed by atoms with van der Waals surface area (Å²) in [5.41, 5.74) is 3.04. The summed E-state index contributed by atoms with van der Waals surface area (Å²) in [5.74, 6) is 0. The van der Waals surface area contributed by atoms with Crippen molar-refractivity contribution in [3.05, 3.63) is 29.8 Å². The number of rotatable bonds is 1. The number of aryl methyl sites for hydroxylation is 1. The van der Waals surface area contributed by atoms with E-state index >= 15 is 0 Å². The van der Waals surface area contributed by atoms with E-state index in [4.69, 9.17) is 0 Å². The number of nitrogens with one attached hydrogen (secondary N) is 1. The fraction of sp³-hybridized carbons (Fsp3) is 0.625. The molecular weight excluding hydrogens is 220 g/mol. The topological polar surface area (TPSA) is 15.3 Å². The normalized spacial score (nSPS) is 22.6. The molecule has 1 aromatic carbocycles. The molecule has 2 heteroatoms. The molecule has 0 bridgehead atoms. The van der Waals surface area contributed by atoms with Gasteiger partial charge in [-0.05, 0) is 59.2 Å². The third-order valence-corrected chi connectivity index (χ3v) is 4.04. The molecule has 0 spiro atoms. The van der Waals surface area contributed by atoms with Gasteiger partial charge in [0.1, 0.15) is 0 Å². The van der Waals surface area contributed by atoms with Gasteiger partial charge in [0.2, 0.25) is 0 Å². The van der Waals surface area contributed by atoms with Crippen LogP contribution in [0.5, 0.6) is 0 Å². The predicted molar refractivity (Wildman–Crippen MR) is 79.3 cm³/mol. The van der Waals surface area contributed by atoms with Gasteiger partial charge >= 0.3 is 0 Å². The second-order valence-corrected chi connectivity index (χ2v) is 6.67. The Balaban J connectivity index is 2.51. The lowest BCUT2D eigenvalue weighted by molar-refractivity contribution is 0.357. The highest BCUT2D eigenvalue weighted by Gasteiger charge is 2.39. The first-order chi connectivity index (χ1) is 8.34. The highest BCUT2D eigenvalue weighted by Crippen LogP contribution is 2.36. The Kier molecular flexibility index (Phi) is 3.41. The number of para-hydroxylation sites is 1. The van der Waals surface area contributed by atoms with E-state index in [1.165, 1.54) is 17.7 Å². The van der Waals surface area contributed by atoms with E-state index in [-0.39, 0.29) is 11.1 Å². The quantitative estimate of drug-likeness (QED) is 0.817. The smallest absolute Gasteiger partial charge is 0.0475 e. The SMILES string of the molecule is Cc1ccccc1N1C(C)(C)CCNCC1(C)C. The molecule has 1 aromatic rings. The molecule has 0 aliphatic carbocycles. The lowest BCUT2D eigenvalue weighted by atomic mass is 9.90. The molecular formula is C16H26N2. The van der Waals surface area contributed by atoms with Gasteiger partial charge in [-0.25, -0.2) is 0 Å². The molecule has 1 aliphatic rings. The second kappa shape index (κ2) is 4.58. The first kappa shape index (κ1) is 13.4. The Morgan fingerprint density at radius 2 is 1.72 bits per heavy atom. The van der Waals surface area contributed by atoms with Gasteiger partial charge < -0.3 is 10.2 Å². The monoisotopic (exact) mass is 246 g/mol. The van der Waals surface area contributed by atoms with Crippen molar-refractivity contribution in [2.24, 2.45) is 0 Å². The summed E-state index contributed by atoms with van der Waals surface area (Å²) >= 11 is 0. The van der Waals surface area contributed by atoms with Crippen LogP contribution in [0.1, 0.15) is 39.7 Å². The molecule has 2 nitrogen and oxygen atoms in total. The van der Waals surface area contributed by atoms with Crippen molar-refractivity contribution in [1.82, 2.24) is 5.32 Å². The standard InChI is InChI=1S/C16H26N2/c1-13-8-6-7-9-14(13)18-15(2,3)10-11-17-12-16(18,4)5/h6-9,17H,10-12H2,1-5H3. The van der Waals surface area contributed by atoms with Gasteiger partial charge in [-0.15, -0.1) is 0 Å². The number of anilines is 1. The maximum atomic E-state index is 3.57. The molecule has 1 saturated heterocycles. The van der Waals surface area contributed by atoms with Crippen LogP contribution in [-0.2, 0) is 0 Å². The van der Waals surface area contributed by atoms with Crippen LogP contribution < -0.4 is 10.2 Å².